The summed E-state index contributed by atoms with van der Waals surface area (Å²) in [6.07, 6.45) is 3.14. The molecule has 0 saturated carbocycles. The maximum absolute atomic E-state index is 11.9. The lowest BCUT2D eigenvalue weighted by Crippen LogP contribution is -2.14. The van der Waals surface area contributed by atoms with Gasteiger partial charge in [-0.15, -0.1) is 0 Å². The summed E-state index contributed by atoms with van der Waals surface area (Å²) in [5, 5.41) is 2.79. The summed E-state index contributed by atoms with van der Waals surface area (Å²) in [5.41, 5.74) is 8.47. The monoisotopic (exact) mass is 227 g/mol. The van der Waals surface area contributed by atoms with Crippen molar-refractivity contribution in [2.75, 3.05) is 11.1 Å². The van der Waals surface area contributed by atoms with Crippen LogP contribution in [0.5, 0.6) is 0 Å². The first-order valence-electron chi connectivity index (χ1n) is 5.25. The Kier molecular flexibility index (Phi) is 3.05. The zero-order chi connectivity index (χ0) is 12.3. The van der Waals surface area contributed by atoms with E-state index < -0.39 is 0 Å². The molecule has 4 nitrogen and oxygen atoms in total. The second-order valence-corrected chi connectivity index (χ2v) is 3.73. The average molecular weight is 227 g/mol. The summed E-state index contributed by atoms with van der Waals surface area (Å²) in [6.45, 7) is 1.90. The van der Waals surface area contributed by atoms with Crippen LogP contribution < -0.4 is 11.1 Å². The lowest BCUT2D eigenvalue weighted by atomic mass is 10.1. The van der Waals surface area contributed by atoms with E-state index in [4.69, 9.17) is 5.73 Å². The largest absolute Gasteiger partial charge is 0.397 e. The molecule has 4 heteroatoms. The minimum atomic E-state index is -0.209. The van der Waals surface area contributed by atoms with Crippen LogP contribution in [0.25, 0.3) is 0 Å². The van der Waals surface area contributed by atoms with Gasteiger partial charge >= 0.3 is 0 Å². The molecular weight excluding hydrogens is 214 g/mol. The molecule has 0 aliphatic carbocycles. The molecule has 17 heavy (non-hydrogen) atoms. The molecule has 1 aromatic heterocycles. The van der Waals surface area contributed by atoms with Gasteiger partial charge in [-0.2, -0.15) is 0 Å². The van der Waals surface area contributed by atoms with Crippen molar-refractivity contribution < 1.29 is 4.79 Å². The predicted molar refractivity (Wildman–Crippen MR) is 67.8 cm³/mol. The fraction of sp³-hybridized carbons (Fsp3) is 0.0769. The minimum Gasteiger partial charge on any atom is -0.397 e. The summed E-state index contributed by atoms with van der Waals surface area (Å²) >= 11 is 0. The van der Waals surface area contributed by atoms with Gasteiger partial charge in [0.05, 0.1) is 16.9 Å². The fourth-order valence-electron chi connectivity index (χ4n) is 1.54. The number of rotatable bonds is 2. The minimum absolute atomic E-state index is 0.209. The molecule has 1 aromatic carbocycles. The maximum Gasteiger partial charge on any atom is 0.257 e. The van der Waals surface area contributed by atoms with Crippen LogP contribution in [0.2, 0.25) is 0 Å². The van der Waals surface area contributed by atoms with Gasteiger partial charge in [-0.3, -0.25) is 9.78 Å². The number of nitrogens with one attached hydrogen (secondary N) is 1. The highest BCUT2D eigenvalue weighted by molar-refractivity contribution is 6.06. The zero-order valence-electron chi connectivity index (χ0n) is 9.47. The molecule has 0 fully saturated rings. The average Bonchev–Trinajstić information content (AvgIpc) is 2.35. The van der Waals surface area contributed by atoms with E-state index in [1.807, 2.05) is 19.1 Å². The lowest BCUT2D eigenvalue weighted by molar-refractivity contribution is 0.102. The molecule has 0 aliphatic rings. The van der Waals surface area contributed by atoms with Crippen molar-refractivity contribution in [3.05, 3.63) is 53.9 Å². The van der Waals surface area contributed by atoms with Crippen LogP contribution in [-0.4, -0.2) is 10.9 Å². The Labute approximate surface area is 99.5 Å². The highest BCUT2D eigenvalue weighted by Gasteiger charge is 2.09. The lowest BCUT2D eigenvalue weighted by Gasteiger charge is -2.10. The molecule has 1 amide bonds. The van der Waals surface area contributed by atoms with Gasteiger partial charge in [0.25, 0.3) is 5.91 Å². The van der Waals surface area contributed by atoms with Crippen molar-refractivity contribution >= 4 is 17.3 Å². The Morgan fingerprint density at radius 1 is 1.29 bits per heavy atom. The number of nitrogens with two attached hydrogens (primary N) is 1. The van der Waals surface area contributed by atoms with Crippen LogP contribution in [0, 0.1) is 6.92 Å². The van der Waals surface area contributed by atoms with Crippen LogP contribution in [0.4, 0.5) is 11.4 Å². The quantitative estimate of drug-likeness (QED) is 0.773. The van der Waals surface area contributed by atoms with Crippen molar-refractivity contribution in [2.45, 2.75) is 6.92 Å². The van der Waals surface area contributed by atoms with Crippen LogP contribution in [0.15, 0.2) is 42.7 Å². The van der Waals surface area contributed by atoms with E-state index >= 15 is 0 Å². The van der Waals surface area contributed by atoms with E-state index in [9.17, 15) is 4.79 Å². The molecule has 86 valence electrons. The number of pyridine rings is 1. The van der Waals surface area contributed by atoms with Crippen molar-refractivity contribution in [3.8, 4) is 0 Å². The molecule has 3 N–H and O–H groups in total. The second kappa shape index (κ2) is 4.65. The van der Waals surface area contributed by atoms with Crippen LogP contribution in [0.1, 0.15) is 15.9 Å². The summed E-state index contributed by atoms with van der Waals surface area (Å²) in [5.74, 6) is -0.209. The number of nitrogen functional groups attached to an aromatic ring is 1. The maximum atomic E-state index is 11.9. The van der Waals surface area contributed by atoms with Gasteiger partial charge in [0.1, 0.15) is 0 Å². The second-order valence-electron chi connectivity index (χ2n) is 3.73. The Morgan fingerprint density at radius 3 is 2.76 bits per heavy atom. The smallest absolute Gasteiger partial charge is 0.257 e. The molecule has 2 rings (SSSR count). The third-order valence-electron chi connectivity index (χ3n) is 2.47. The predicted octanol–water partition coefficient (Wildman–Crippen LogP) is 2.22. The van der Waals surface area contributed by atoms with E-state index in [0.717, 1.165) is 5.56 Å². The molecule has 0 saturated heterocycles. The number of carbonyl (C=O) groups excluding carboxylic acids is 1. The Balaban J connectivity index is 2.25. The summed E-state index contributed by atoms with van der Waals surface area (Å²) in [4.78, 5) is 15.8. The first-order chi connectivity index (χ1) is 8.18. The molecule has 0 unspecified atom stereocenters. The number of carbonyl (C=O) groups is 1. The van der Waals surface area contributed by atoms with Crippen LogP contribution in [0.3, 0.4) is 0 Å². The number of anilines is 2. The van der Waals surface area contributed by atoms with E-state index in [2.05, 4.69) is 10.3 Å². The van der Waals surface area contributed by atoms with Gasteiger partial charge in [0.15, 0.2) is 0 Å². The SMILES string of the molecule is Cc1cccc(N)c1NC(=O)c1cccnc1. The third kappa shape index (κ3) is 2.42. The van der Waals surface area contributed by atoms with Gasteiger partial charge in [0, 0.05) is 12.4 Å². The summed E-state index contributed by atoms with van der Waals surface area (Å²) in [6, 6.07) is 8.93. The van der Waals surface area contributed by atoms with Gasteiger partial charge in [0.2, 0.25) is 0 Å². The molecule has 2 aromatic rings. The molecule has 0 atom stereocenters. The Hall–Kier alpha value is -2.36. The molecule has 0 bridgehead atoms. The van der Waals surface area contributed by atoms with Gasteiger partial charge < -0.3 is 11.1 Å². The van der Waals surface area contributed by atoms with E-state index in [1.54, 1.807) is 24.4 Å². The number of benzene rings is 1. The summed E-state index contributed by atoms with van der Waals surface area (Å²) < 4.78 is 0. The van der Waals surface area contributed by atoms with Gasteiger partial charge in [-0.25, -0.2) is 0 Å². The van der Waals surface area contributed by atoms with E-state index in [1.165, 1.54) is 6.20 Å². The van der Waals surface area contributed by atoms with E-state index in [-0.39, 0.29) is 5.91 Å². The first-order valence-corrected chi connectivity index (χ1v) is 5.25. The molecular formula is C13H13N3O. The van der Waals surface area contributed by atoms with Crippen molar-refractivity contribution in [3.63, 3.8) is 0 Å². The normalized spacial score (nSPS) is 9.94. The zero-order valence-corrected chi connectivity index (χ0v) is 9.47. The van der Waals surface area contributed by atoms with Crippen molar-refractivity contribution in [2.24, 2.45) is 0 Å². The first kappa shape index (κ1) is 11.1. The fourth-order valence-corrected chi connectivity index (χ4v) is 1.54. The molecule has 0 spiro atoms. The molecule has 0 radical (unpaired) electrons. The topological polar surface area (TPSA) is 68.0 Å². The highest BCUT2D eigenvalue weighted by Crippen LogP contribution is 2.22. The van der Waals surface area contributed by atoms with Crippen molar-refractivity contribution in [1.82, 2.24) is 4.98 Å². The van der Waals surface area contributed by atoms with Crippen LogP contribution in [-0.2, 0) is 0 Å². The number of aryl methyl sites for hydroxylation is 1. The van der Waals surface area contributed by atoms with Crippen molar-refractivity contribution in [1.29, 1.82) is 0 Å². The Morgan fingerprint density at radius 2 is 2.12 bits per heavy atom. The highest BCUT2D eigenvalue weighted by atomic mass is 16.1. The summed E-state index contributed by atoms with van der Waals surface area (Å²) in [7, 11) is 0. The molecule has 0 aliphatic heterocycles. The number of hydrogen-bond donors (Lipinski definition) is 2. The third-order valence-corrected chi connectivity index (χ3v) is 2.47. The number of para-hydroxylation sites is 1. The Bertz CT molecular complexity index is 517. The molecule has 1 heterocycles. The number of amides is 1. The van der Waals surface area contributed by atoms with E-state index in [0.29, 0.717) is 16.9 Å². The number of aromatic nitrogens is 1. The van der Waals surface area contributed by atoms with Crippen LogP contribution >= 0.6 is 0 Å². The van der Waals surface area contributed by atoms with Gasteiger partial charge in [-0.05, 0) is 30.7 Å². The standard InChI is InChI=1S/C13H13N3O/c1-9-4-2-6-11(14)12(9)16-13(17)10-5-3-7-15-8-10/h2-8H,14H2,1H3,(H,16,17). The van der Waals surface area contributed by atoms with Gasteiger partial charge in [-0.1, -0.05) is 12.1 Å². The number of nitrogens with zero attached hydrogens (tertiary/aromatic N) is 1. The number of hydrogen-bond acceptors (Lipinski definition) is 3.